The molecule has 0 amide bonds. The van der Waals surface area contributed by atoms with Gasteiger partial charge in [-0.05, 0) is 136 Å². The number of rotatable bonds is 12. The molecule has 0 atom stereocenters. The van der Waals surface area contributed by atoms with Gasteiger partial charge in [0.2, 0.25) is 0 Å². The lowest BCUT2D eigenvalue weighted by atomic mass is 9.77. The Labute approximate surface area is 538 Å². The van der Waals surface area contributed by atoms with Gasteiger partial charge in [-0.1, -0.05) is 270 Å². The highest BCUT2D eigenvalue weighted by Crippen LogP contribution is 2.47. The summed E-state index contributed by atoms with van der Waals surface area (Å²) in [5.74, 6) is 4.74. The van der Waals surface area contributed by atoms with Crippen molar-refractivity contribution < 1.29 is 14.2 Å². The van der Waals surface area contributed by atoms with Gasteiger partial charge in [-0.3, -0.25) is 0 Å². The minimum Gasteiger partial charge on any atom is -0.496 e. The second kappa shape index (κ2) is 24.3. The number of aromatic nitrogens is 3. The van der Waals surface area contributed by atoms with Gasteiger partial charge in [0, 0.05) is 50.1 Å². The van der Waals surface area contributed by atoms with Crippen molar-refractivity contribution in [2.75, 3.05) is 21.3 Å². The molecule has 462 valence electrons. The number of methoxy groups -OCH3 is 3. The second-order valence-corrected chi connectivity index (χ2v) is 30.6. The summed E-state index contributed by atoms with van der Waals surface area (Å²) in [6.45, 7) is 40.6. The third-order valence-corrected chi connectivity index (χ3v) is 17.4. The van der Waals surface area contributed by atoms with Crippen LogP contribution >= 0.6 is 0 Å². The Morgan fingerprint density at radius 3 is 0.433 bits per heavy atom. The Kier molecular flexibility index (Phi) is 17.4. The van der Waals surface area contributed by atoms with E-state index in [1.165, 1.54) is 66.8 Å². The van der Waals surface area contributed by atoms with Gasteiger partial charge in [0.15, 0.2) is 17.5 Å². The smallest absolute Gasteiger partial charge is 0.164 e. The average molecular weight is 1190 g/mol. The van der Waals surface area contributed by atoms with Crippen molar-refractivity contribution >= 4 is 0 Å². The van der Waals surface area contributed by atoms with Crippen molar-refractivity contribution in [2.24, 2.45) is 0 Å². The highest BCUT2D eigenvalue weighted by Gasteiger charge is 2.31. The van der Waals surface area contributed by atoms with Gasteiger partial charge in [-0.15, -0.1) is 0 Å². The predicted octanol–water partition coefficient (Wildman–Crippen LogP) is 22.7. The van der Waals surface area contributed by atoms with E-state index in [1.807, 2.05) is 0 Å². The van der Waals surface area contributed by atoms with Crippen LogP contribution in [0.15, 0.2) is 182 Å². The van der Waals surface area contributed by atoms with Gasteiger partial charge >= 0.3 is 0 Å². The fourth-order valence-electron chi connectivity index (χ4n) is 12.2. The fraction of sp³-hybridized carbons (Fsp3) is 0.321. The lowest BCUT2D eigenvalue weighted by Crippen LogP contribution is -2.19. The van der Waals surface area contributed by atoms with Crippen molar-refractivity contribution in [1.29, 1.82) is 0 Å². The molecule has 1 heterocycles. The molecule has 0 aliphatic carbocycles. The molecule has 0 radical (unpaired) electrons. The van der Waals surface area contributed by atoms with E-state index in [1.54, 1.807) is 21.3 Å². The first-order valence-electron chi connectivity index (χ1n) is 31.8. The summed E-state index contributed by atoms with van der Waals surface area (Å²) in [5, 5.41) is 0. The summed E-state index contributed by atoms with van der Waals surface area (Å²) in [7, 11) is 5.37. The summed E-state index contributed by atoms with van der Waals surface area (Å²) in [5.41, 5.74) is 23.1. The molecule has 1 aromatic heterocycles. The van der Waals surface area contributed by atoms with Crippen LogP contribution in [0.5, 0.6) is 17.2 Å². The molecule has 0 spiro atoms. The van der Waals surface area contributed by atoms with E-state index in [-0.39, 0.29) is 32.5 Å². The molecular formula is C84H93N3O3. The highest BCUT2D eigenvalue weighted by atomic mass is 16.5. The largest absolute Gasteiger partial charge is 0.496 e. The quantitative estimate of drug-likeness (QED) is 0.121. The van der Waals surface area contributed by atoms with Crippen molar-refractivity contribution in [1.82, 2.24) is 15.0 Å². The van der Waals surface area contributed by atoms with Gasteiger partial charge < -0.3 is 14.2 Å². The van der Waals surface area contributed by atoms with Crippen LogP contribution in [0.2, 0.25) is 0 Å². The van der Waals surface area contributed by atoms with Crippen molar-refractivity contribution in [2.45, 2.75) is 157 Å². The SMILES string of the molecule is COc1c(C(C)(C)C)cc(-c2ccc(-c3ccc(-c4nc(-c5ccc(-c6ccc(-c7cc(C(C)(C)C)c(OC)c(C(C)(C)C)c7)cc6)cc5)nc(-c5ccc(-c6ccc(-c7cc(C(C)(C)C)c(OC)c(C(C)(C)C)c7)cc6)cc5)n4)cc3)cc2)cc1C(C)(C)C. The van der Waals surface area contributed by atoms with Crippen LogP contribution in [-0.4, -0.2) is 36.3 Å². The zero-order valence-corrected chi connectivity index (χ0v) is 57.4. The average Bonchev–Trinajstić information content (AvgIpc) is 1.02. The maximum atomic E-state index is 6.09. The van der Waals surface area contributed by atoms with Gasteiger partial charge in [0.25, 0.3) is 0 Å². The zero-order valence-electron chi connectivity index (χ0n) is 57.4. The fourth-order valence-corrected chi connectivity index (χ4v) is 12.2. The molecule has 0 saturated carbocycles. The van der Waals surface area contributed by atoms with Crippen LogP contribution in [0.25, 0.3) is 101 Å². The molecule has 6 heteroatoms. The molecule has 0 bridgehead atoms. The second-order valence-electron chi connectivity index (χ2n) is 30.6. The van der Waals surface area contributed by atoms with Crippen LogP contribution < -0.4 is 14.2 Å². The van der Waals surface area contributed by atoms with E-state index in [0.29, 0.717) is 17.5 Å². The van der Waals surface area contributed by atoms with E-state index < -0.39 is 0 Å². The molecule has 0 saturated heterocycles. The highest BCUT2D eigenvalue weighted by molar-refractivity contribution is 5.79. The molecule has 10 rings (SSSR count). The van der Waals surface area contributed by atoms with Crippen molar-refractivity contribution in [3.8, 4) is 118 Å². The zero-order chi connectivity index (χ0) is 65.0. The standard InChI is InChI=1S/C84H93N3O3/c1-79(2,3)67-46-64(47-68(73(67)88-19)80(4,5)6)58-28-22-52(23-29-58)55-34-40-61(41-35-55)76-85-77(62-42-36-56(37-43-62)53-24-30-59(31-25-53)65-48-69(81(7,8)9)74(89-20)70(49-65)82(10,11)12)87-78(86-76)63-44-38-57(39-45-63)54-26-32-60(33-27-54)66-50-71(83(13,14)15)75(90-21)72(51-66)84(16,17)18/h22-51H,1-21H3. The lowest BCUT2D eigenvalue weighted by Gasteiger charge is -2.30. The van der Waals surface area contributed by atoms with Crippen molar-refractivity contribution in [3.63, 3.8) is 0 Å². The van der Waals surface area contributed by atoms with E-state index in [2.05, 4.69) is 307 Å². The Hall–Kier alpha value is -8.61. The number of hydrogen-bond acceptors (Lipinski definition) is 6. The summed E-state index contributed by atoms with van der Waals surface area (Å²) in [6, 6.07) is 66.3. The van der Waals surface area contributed by atoms with E-state index in [9.17, 15) is 0 Å². The van der Waals surface area contributed by atoms with Crippen LogP contribution in [-0.2, 0) is 32.5 Å². The van der Waals surface area contributed by atoms with Crippen LogP contribution in [0.1, 0.15) is 158 Å². The van der Waals surface area contributed by atoms with Gasteiger partial charge in [0.05, 0.1) is 21.3 Å². The number of ether oxygens (including phenoxy) is 3. The molecule has 10 aromatic rings. The molecule has 90 heavy (non-hydrogen) atoms. The van der Waals surface area contributed by atoms with E-state index in [0.717, 1.165) is 67.3 Å². The molecule has 0 unspecified atom stereocenters. The minimum atomic E-state index is -0.0940. The van der Waals surface area contributed by atoms with Gasteiger partial charge in [0.1, 0.15) is 17.2 Å². The Morgan fingerprint density at radius 2 is 0.311 bits per heavy atom. The topological polar surface area (TPSA) is 66.4 Å². The lowest BCUT2D eigenvalue weighted by molar-refractivity contribution is 0.381. The maximum absolute atomic E-state index is 6.09. The van der Waals surface area contributed by atoms with Crippen molar-refractivity contribution in [3.05, 3.63) is 215 Å². The molecule has 0 aliphatic heterocycles. The summed E-state index contributed by atoms with van der Waals surface area (Å²) in [4.78, 5) is 15.6. The molecule has 0 N–H and O–H groups in total. The first kappa shape index (κ1) is 64.4. The molecule has 9 aromatic carbocycles. The van der Waals surface area contributed by atoms with Gasteiger partial charge in [-0.2, -0.15) is 0 Å². The Balaban J connectivity index is 0.977. The third-order valence-electron chi connectivity index (χ3n) is 17.4. The van der Waals surface area contributed by atoms with E-state index >= 15 is 0 Å². The van der Waals surface area contributed by atoms with E-state index in [4.69, 9.17) is 29.2 Å². The number of benzene rings is 9. The third kappa shape index (κ3) is 13.6. The minimum absolute atomic E-state index is 0.0940. The first-order valence-corrected chi connectivity index (χ1v) is 31.8. The molecular weight excluding hydrogens is 1100 g/mol. The molecule has 0 fully saturated rings. The van der Waals surface area contributed by atoms with Crippen LogP contribution in [0.3, 0.4) is 0 Å². The molecule has 6 nitrogen and oxygen atoms in total. The predicted molar refractivity (Wildman–Crippen MR) is 381 cm³/mol. The maximum Gasteiger partial charge on any atom is 0.164 e. The Bertz CT molecular complexity index is 3650. The van der Waals surface area contributed by atoms with Gasteiger partial charge in [-0.25, -0.2) is 15.0 Å². The van der Waals surface area contributed by atoms with Crippen LogP contribution in [0, 0.1) is 0 Å². The molecule has 0 aliphatic rings. The number of hydrogen-bond donors (Lipinski definition) is 0. The monoisotopic (exact) mass is 1190 g/mol. The summed E-state index contributed by atoms with van der Waals surface area (Å²) < 4.78 is 18.3. The summed E-state index contributed by atoms with van der Waals surface area (Å²) >= 11 is 0. The van der Waals surface area contributed by atoms with Crippen LogP contribution in [0.4, 0.5) is 0 Å². The normalized spacial score (nSPS) is 12.5. The summed E-state index contributed by atoms with van der Waals surface area (Å²) in [6.07, 6.45) is 0. The Morgan fingerprint density at radius 1 is 0.189 bits per heavy atom. The number of nitrogens with zero attached hydrogens (tertiary/aromatic N) is 3. The first-order chi connectivity index (χ1) is 42.2.